The minimum atomic E-state index is -0.0278. The molecule has 2 aromatic rings. The monoisotopic (exact) mass is 285 g/mol. The number of aryl methyl sites for hydroxylation is 1. The van der Waals surface area contributed by atoms with E-state index in [-0.39, 0.29) is 12.6 Å². The highest BCUT2D eigenvalue weighted by Gasteiger charge is 2.10. The molecule has 21 heavy (non-hydrogen) atoms. The van der Waals surface area contributed by atoms with E-state index in [4.69, 9.17) is 4.74 Å². The number of benzene rings is 2. The number of hydrogen-bond acceptors (Lipinski definition) is 3. The van der Waals surface area contributed by atoms with Crippen molar-refractivity contribution in [2.45, 2.75) is 32.9 Å². The average Bonchev–Trinajstić information content (AvgIpc) is 2.53. The van der Waals surface area contributed by atoms with Gasteiger partial charge in [0.2, 0.25) is 0 Å². The number of nitrogens with one attached hydrogen (secondary N) is 1. The molecule has 0 spiro atoms. The Labute approximate surface area is 126 Å². The zero-order chi connectivity index (χ0) is 15.2. The number of anilines is 1. The molecule has 0 aliphatic rings. The molecule has 2 rings (SSSR count). The fourth-order valence-corrected chi connectivity index (χ4v) is 2.41. The van der Waals surface area contributed by atoms with Crippen molar-refractivity contribution >= 4 is 5.69 Å². The highest BCUT2D eigenvalue weighted by atomic mass is 16.5. The minimum absolute atomic E-state index is 0.0278. The molecule has 0 radical (unpaired) electrons. The van der Waals surface area contributed by atoms with Crippen LogP contribution in [0.2, 0.25) is 0 Å². The van der Waals surface area contributed by atoms with Crippen LogP contribution < -0.4 is 10.1 Å². The van der Waals surface area contributed by atoms with Gasteiger partial charge in [-0.1, -0.05) is 36.8 Å². The summed E-state index contributed by atoms with van der Waals surface area (Å²) in [7, 11) is 1.61. The van der Waals surface area contributed by atoms with Crippen LogP contribution in [-0.2, 0) is 6.61 Å². The van der Waals surface area contributed by atoms with Gasteiger partial charge in [-0.15, -0.1) is 0 Å². The summed E-state index contributed by atoms with van der Waals surface area (Å²) in [5, 5.41) is 12.9. The normalized spacial score (nSPS) is 12.0. The van der Waals surface area contributed by atoms with E-state index in [1.54, 1.807) is 7.11 Å². The molecule has 0 heterocycles. The van der Waals surface area contributed by atoms with Crippen LogP contribution in [-0.4, -0.2) is 12.2 Å². The fourth-order valence-electron chi connectivity index (χ4n) is 2.41. The molecule has 0 saturated heterocycles. The Bertz CT molecular complexity index is 578. The number of rotatable bonds is 6. The minimum Gasteiger partial charge on any atom is -0.496 e. The maximum Gasteiger partial charge on any atom is 0.124 e. The highest BCUT2D eigenvalue weighted by molar-refractivity contribution is 5.52. The topological polar surface area (TPSA) is 41.5 Å². The molecule has 0 bridgehead atoms. The molecular formula is C18H23NO2. The van der Waals surface area contributed by atoms with Crippen molar-refractivity contribution < 1.29 is 9.84 Å². The van der Waals surface area contributed by atoms with E-state index in [0.29, 0.717) is 5.75 Å². The summed E-state index contributed by atoms with van der Waals surface area (Å²) in [6.07, 6.45) is 0.990. The van der Waals surface area contributed by atoms with E-state index in [0.717, 1.165) is 17.7 Å². The summed E-state index contributed by atoms with van der Waals surface area (Å²) in [5.41, 5.74) is 4.32. The second kappa shape index (κ2) is 7.14. The lowest BCUT2D eigenvalue weighted by molar-refractivity contribution is 0.274. The summed E-state index contributed by atoms with van der Waals surface area (Å²) in [6.45, 7) is 4.23. The van der Waals surface area contributed by atoms with Gasteiger partial charge in [-0.05, 0) is 37.1 Å². The van der Waals surface area contributed by atoms with E-state index < -0.39 is 0 Å². The molecule has 0 fully saturated rings. The second-order valence-electron chi connectivity index (χ2n) is 5.20. The van der Waals surface area contributed by atoms with E-state index in [2.05, 4.69) is 43.4 Å². The molecular weight excluding hydrogens is 262 g/mol. The number of ether oxygens (including phenoxy) is 1. The van der Waals surface area contributed by atoms with Crippen molar-refractivity contribution in [2.75, 3.05) is 12.4 Å². The van der Waals surface area contributed by atoms with Gasteiger partial charge in [-0.2, -0.15) is 0 Å². The number of methoxy groups -OCH3 is 1. The van der Waals surface area contributed by atoms with Crippen LogP contribution in [0.3, 0.4) is 0 Å². The predicted molar refractivity (Wildman–Crippen MR) is 86.8 cm³/mol. The Kier molecular flexibility index (Phi) is 5.23. The molecule has 112 valence electrons. The summed E-state index contributed by atoms with van der Waals surface area (Å²) in [6, 6.07) is 14.6. The SMILES string of the molecule is CCC(Nc1ccc(OC)c(CO)c1)c1ccc(C)cc1. The average molecular weight is 285 g/mol. The Morgan fingerprint density at radius 3 is 2.43 bits per heavy atom. The lowest BCUT2D eigenvalue weighted by Crippen LogP contribution is -2.10. The third-order valence-electron chi connectivity index (χ3n) is 3.68. The summed E-state index contributed by atoms with van der Waals surface area (Å²) in [4.78, 5) is 0. The van der Waals surface area contributed by atoms with Crippen LogP contribution in [0.4, 0.5) is 5.69 Å². The van der Waals surface area contributed by atoms with Crippen molar-refractivity contribution in [3.8, 4) is 5.75 Å². The van der Waals surface area contributed by atoms with Gasteiger partial charge in [0.05, 0.1) is 19.8 Å². The van der Waals surface area contributed by atoms with E-state index in [1.165, 1.54) is 11.1 Å². The first kappa shape index (κ1) is 15.4. The first-order chi connectivity index (χ1) is 10.2. The Morgan fingerprint density at radius 2 is 1.86 bits per heavy atom. The first-order valence-electron chi connectivity index (χ1n) is 7.28. The molecule has 2 N–H and O–H groups in total. The van der Waals surface area contributed by atoms with Crippen LogP contribution in [0.5, 0.6) is 5.75 Å². The molecule has 1 atom stereocenters. The molecule has 0 saturated carbocycles. The predicted octanol–water partition coefficient (Wildman–Crippen LogP) is 4.06. The van der Waals surface area contributed by atoms with Crippen molar-refractivity contribution in [1.82, 2.24) is 0 Å². The van der Waals surface area contributed by atoms with Gasteiger partial charge >= 0.3 is 0 Å². The van der Waals surface area contributed by atoms with Gasteiger partial charge < -0.3 is 15.2 Å². The quantitative estimate of drug-likeness (QED) is 0.841. The Balaban J connectivity index is 2.20. The van der Waals surface area contributed by atoms with Crippen LogP contribution in [0.25, 0.3) is 0 Å². The van der Waals surface area contributed by atoms with Gasteiger partial charge in [0, 0.05) is 11.3 Å². The summed E-state index contributed by atoms with van der Waals surface area (Å²) < 4.78 is 5.23. The Hall–Kier alpha value is -2.00. The van der Waals surface area contributed by atoms with Crippen LogP contribution >= 0.6 is 0 Å². The standard InChI is InChI=1S/C18H23NO2/c1-4-17(14-7-5-13(2)6-8-14)19-16-9-10-18(21-3)15(11-16)12-20/h5-11,17,19-20H,4,12H2,1-3H3. The van der Waals surface area contributed by atoms with Crippen molar-refractivity contribution in [3.63, 3.8) is 0 Å². The molecule has 0 aliphatic heterocycles. The zero-order valence-electron chi connectivity index (χ0n) is 12.9. The fraction of sp³-hybridized carbons (Fsp3) is 0.333. The third kappa shape index (κ3) is 3.76. The van der Waals surface area contributed by atoms with Crippen LogP contribution in [0.1, 0.15) is 36.1 Å². The van der Waals surface area contributed by atoms with Crippen molar-refractivity contribution in [3.05, 3.63) is 59.2 Å². The van der Waals surface area contributed by atoms with Gasteiger partial charge in [0.25, 0.3) is 0 Å². The number of hydrogen-bond donors (Lipinski definition) is 2. The summed E-state index contributed by atoms with van der Waals surface area (Å²) >= 11 is 0. The summed E-state index contributed by atoms with van der Waals surface area (Å²) in [5.74, 6) is 0.714. The van der Waals surface area contributed by atoms with E-state index >= 15 is 0 Å². The van der Waals surface area contributed by atoms with E-state index in [1.807, 2.05) is 18.2 Å². The number of aliphatic hydroxyl groups excluding tert-OH is 1. The molecule has 1 unspecified atom stereocenters. The van der Waals surface area contributed by atoms with Crippen molar-refractivity contribution in [1.29, 1.82) is 0 Å². The van der Waals surface area contributed by atoms with Gasteiger partial charge in [0.15, 0.2) is 0 Å². The molecule has 0 aromatic heterocycles. The highest BCUT2D eigenvalue weighted by Crippen LogP contribution is 2.27. The molecule has 3 nitrogen and oxygen atoms in total. The lowest BCUT2D eigenvalue weighted by Gasteiger charge is -2.20. The van der Waals surface area contributed by atoms with Crippen LogP contribution in [0, 0.1) is 6.92 Å². The molecule has 2 aromatic carbocycles. The first-order valence-corrected chi connectivity index (χ1v) is 7.28. The Morgan fingerprint density at radius 1 is 1.14 bits per heavy atom. The second-order valence-corrected chi connectivity index (χ2v) is 5.20. The molecule has 3 heteroatoms. The van der Waals surface area contributed by atoms with Gasteiger partial charge in [0.1, 0.15) is 5.75 Å². The number of aliphatic hydroxyl groups is 1. The maximum atomic E-state index is 9.41. The maximum absolute atomic E-state index is 9.41. The third-order valence-corrected chi connectivity index (χ3v) is 3.68. The van der Waals surface area contributed by atoms with Crippen LogP contribution in [0.15, 0.2) is 42.5 Å². The van der Waals surface area contributed by atoms with Crippen molar-refractivity contribution in [2.24, 2.45) is 0 Å². The zero-order valence-corrected chi connectivity index (χ0v) is 12.9. The van der Waals surface area contributed by atoms with Gasteiger partial charge in [-0.3, -0.25) is 0 Å². The van der Waals surface area contributed by atoms with Gasteiger partial charge in [-0.25, -0.2) is 0 Å². The molecule has 0 amide bonds. The molecule has 0 aliphatic carbocycles. The smallest absolute Gasteiger partial charge is 0.124 e. The lowest BCUT2D eigenvalue weighted by atomic mass is 10.0. The van der Waals surface area contributed by atoms with E-state index in [9.17, 15) is 5.11 Å². The largest absolute Gasteiger partial charge is 0.496 e.